The van der Waals surface area contributed by atoms with E-state index in [0.717, 1.165) is 10.9 Å². The molecule has 0 spiro atoms. The molecule has 0 saturated carbocycles. The van der Waals surface area contributed by atoms with Crippen LogP contribution in [0.1, 0.15) is 10.4 Å². The molecule has 2 aromatic carbocycles. The molecule has 3 aromatic rings. The Labute approximate surface area is 120 Å². The van der Waals surface area contributed by atoms with Crippen LogP contribution in [0.4, 0.5) is 5.69 Å². The van der Waals surface area contributed by atoms with Gasteiger partial charge in [0.1, 0.15) is 5.75 Å². The van der Waals surface area contributed by atoms with Gasteiger partial charge in [-0.1, -0.05) is 29.8 Å². The Kier molecular flexibility index (Phi) is 3.08. The number of benzene rings is 2. The number of hydrogen-bond donors (Lipinski definition) is 3. The van der Waals surface area contributed by atoms with Crippen molar-refractivity contribution in [2.24, 2.45) is 0 Å². The topological polar surface area (TPSA) is 65.1 Å². The molecule has 1 aromatic heterocycles. The van der Waals surface area contributed by atoms with Crippen LogP contribution in [-0.2, 0) is 0 Å². The summed E-state index contributed by atoms with van der Waals surface area (Å²) in [5.41, 5.74) is 1.73. The Morgan fingerprint density at radius 1 is 1.20 bits per heavy atom. The van der Waals surface area contributed by atoms with E-state index in [-0.39, 0.29) is 11.7 Å². The van der Waals surface area contributed by atoms with Gasteiger partial charge < -0.3 is 15.4 Å². The minimum Gasteiger partial charge on any atom is -0.506 e. The third-order valence-electron chi connectivity index (χ3n) is 3.04. The molecule has 100 valence electrons. The fourth-order valence-electron chi connectivity index (χ4n) is 2.06. The van der Waals surface area contributed by atoms with Crippen LogP contribution in [0.3, 0.4) is 0 Å². The largest absolute Gasteiger partial charge is 0.506 e. The van der Waals surface area contributed by atoms with E-state index in [0.29, 0.717) is 16.3 Å². The van der Waals surface area contributed by atoms with E-state index in [1.165, 1.54) is 6.07 Å². The normalized spacial score (nSPS) is 10.7. The first-order valence-corrected chi connectivity index (χ1v) is 6.39. The first-order chi connectivity index (χ1) is 9.65. The number of aromatic amines is 1. The number of fused-ring (bicyclic) bond motifs is 1. The maximum absolute atomic E-state index is 12.3. The van der Waals surface area contributed by atoms with Crippen molar-refractivity contribution in [3.05, 3.63) is 59.2 Å². The Morgan fingerprint density at radius 3 is 2.80 bits per heavy atom. The van der Waals surface area contributed by atoms with Gasteiger partial charge >= 0.3 is 0 Å². The van der Waals surface area contributed by atoms with Crippen LogP contribution in [0.25, 0.3) is 10.9 Å². The van der Waals surface area contributed by atoms with Gasteiger partial charge in [0, 0.05) is 28.2 Å². The molecule has 0 aliphatic heterocycles. The Bertz CT molecular complexity index is 795. The smallest absolute Gasteiger partial charge is 0.257 e. The molecule has 0 atom stereocenters. The maximum Gasteiger partial charge on any atom is 0.257 e. The van der Waals surface area contributed by atoms with Crippen molar-refractivity contribution < 1.29 is 9.90 Å². The summed E-state index contributed by atoms with van der Waals surface area (Å²) in [6.45, 7) is 0. The number of rotatable bonds is 2. The average Bonchev–Trinajstić information content (AvgIpc) is 2.86. The minimum absolute atomic E-state index is 0.0642. The highest BCUT2D eigenvalue weighted by molar-refractivity contribution is 6.30. The molecule has 0 aliphatic carbocycles. The predicted octanol–water partition coefficient (Wildman–Crippen LogP) is 3.78. The summed E-state index contributed by atoms with van der Waals surface area (Å²) in [7, 11) is 0. The summed E-state index contributed by atoms with van der Waals surface area (Å²) < 4.78 is 0. The van der Waals surface area contributed by atoms with Gasteiger partial charge in [0.25, 0.3) is 5.91 Å². The summed E-state index contributed by atoms with van der Waals surface area (Å²) in [5, 5.41) is 13.7. The van der Waals surface area contributed by atoms with Gasteiger partial charge in [0.15, 0.2) is 0 Å². The van der Waals surface area contributed by atoms with Crippen molar-refractivity contribution in [2.75, 3.05) is 5.32 Å². The monoisotopic (exact) mass is 286 g/mol. The molecule has 0 unspecified atom stereocenters. The molecule has 0 aliphatic rings. The van der Waals surface area contributed by atoms with Crippen molar-refractivity contribution >= 4 is 34.1 Å². The number of amides is 1. The number of aromatic nitrogens is 1. The minimum atomic E-state index is -0.292. The van der Waals surface area contributed by atoms with E-state index in [1.54, 1.807) is 18.3 Å². The lowest BCUT2D eigenvalue weighted by Gasteiger charge is -2.06. The van der Waals surface area contributed by atoms with Crippen LogP contribution in [0.15, 0.2) is 48.7 Å². The molecule has 5 heteroatoms. The quantitative estimate of drug-likeness (QED) is 0.628. The van der Waals surface area contributed by atoms with Gasteiger partial charge in [-0.25, -0.2) is 0 Å². The van der Waals surface area contributed by atoms with Gasteiger partial charge in [-0.15, -0.1) is 0 Å². The Hall–Kier alpha value is -2.46. The number of nitrogens with one attached hydrogen (secondary N) is 2. The van der Waals surface area contributed by atoms with E-state index in [2.05, 4.69) is 10.3 Å². The van der Waals surface area contributed by atoms with Crippen molar-refractivity contribution in [1.82, 2.24) is 4.98 Å². The number of anilines is 1. The van der Waals surface area contributed by atoms with Gasteiger partial charge in [0.05, 0.1) is 11.3 Å². The number of H-pyrrole nitrogens is 1. The van der Waals surface area contributed by atoms with E-state index < -0.39 is 0 Å². The molecule has 3 N–H and O–H groups in total. The molecular formula is C15H11ClN2O2. The second kappa shape index (κ2) is 4.90. The zero-order chi connectivity index (χ0) is 14.1. The van der Waals surface area contributed by atoms with Gasteiger partial charge in [0.2, 0.25) is 0 Å². The fraction of sp³-hybridized carbons (Fsp3) is 0. The number of phenols is 1. The predicted molar refractivity (Wildman–Crippen MR) is 79.4 cm³/mol. The molecule has 0 fully saturated rings. The molecule has 4 nitrogen and oxygen atoms in total. The van der Waals surface area contributed by atoms with Crippen molar-refractivity contribution in [3.63, 3.8) is 0 Å². The molecule has 1 heterocycles. The SMILES string of the molecule is O=C(Nc1ccc(Cl)cc1O)c1c[nH]c2ccccc12. The number of phenolic OH excluding ortho intramolecular Hbond substituents is 1. The zero-order valence-corrected chi connectivity index (χ0v) is 11.1. The first-order valence-electron chi connectivity index (χ1n) is 6.01. The van der Waals surface area contributed by atoms with E-state index in [1.807, 2.05) is 24.3 Å². The number of para-hydroxylation sites is 1. The molecule has 0 saturated heterocycles. The average molecular weight is 287 g/mol. The van der Waals surface area contributed by atoms with Crippen LogP contribution in [0, 0.1) is 0 Å². The van der Waals surface area contributed by atoms with E-state index in [9.17, 15) is 9.90 Å². The third-order valence-corrected chi connectivity index (χ3v) is 3.28. The lowest BCUT2D eigenvalue weighted by molar-refractivity contribution is 0.102. The van der Waals surface area contributed by atoms with Crippen LogP contribution < -0.4 is 5.32 Å². The van der Waals surface area contributed by atoms with Crippen LogP contribution >= 0.6 is 11.6 Å². The highest BCUT2D eigenvalue weighted by Gasteiger charge is 2.13. The molecule has 0 bridgehead atoms. The second-order valence-electron chi connectivity index (χ2n) is 4.36. The van der Waals surface area contributed by atoms with Crippen LogP contribution in [0.2, 0.25) is 5.02 Å². The number of halogens is 1. The van der Waals surface area contributed by atoms with Crippen molar-refractivity contribution in [3.8, 4) is 5.75 Å². The summed E-state index contributed by atoms with van der Waals surface area (Å²) >= 11 is 5.75. The van der Waals surface area contributed by atoms with Crippen molar-refractivity contribution in [1.29, 1.82) is 0 Å². The maximum atomic E-state index is 12.3. The lowest BCUT2D eigenvalue weighted by atomic mass is 10.1. The highest BCUT2D eigenvalue weighted by Crippen LogP contribution is 2.27. The Balaban J connectivity index is 1.93. The number of aromatic hydroxyl groups is 1. The summed E-state index contributed by atoms with van der Waals surface area (Å²) in [6.07, 6.45) is 1.65. The molecule has 3 rings (SSSR count). The third kappa shape index (κ3) is 2.21. The summed E-state index contributed by atoms with van der Waals surface area (Å²) in [6, 6.07) is 12.1. The summed E-state index contributed by atoms with van der Waals surface area (Å²) in [4.78, 5) is 15.3. The summed E-state index contributed by atoms with van der Waals surface area (Å²) in [5.74, 6) is -0.356. The van der Waals surface area contributed by atoms with Gasteiger partial charge in [-0.2, -0.15) is 0 Å². The second-order valence-corrected chi connectivity index (χ2v) is 4.80. The fourth-order valence-corrected chi connectivity index (χ4v) is 2.23. The van der Waals surface area contributed by atoms with Crippen LogP contribution in [-0.4, -0.2) is 16.0 Å². The lowest BCUT2D eigenvalue weighted by Crippen LogP contribution is -2.11. The number of carbonyl (C=O) groups is 1. The molecule has 0 radical (unpaired) electrons. The van der Waals surface area contributed by atoms with E-state index >= 15 is 0 Å². The van der Waals surface area contributed by atoms with Crippen LogP contribution in [0.5, 0.6) is 5.75 Å². The number of carbonyl (C=O) groups excluding carboxylic acids is 1. The standard InChI is InChI=1S/C15H11ClN2O2/c16-9-5-6-13(14(19)7-9)18-15(20)11-8-17-12-4-2-1-3-10(11)12/h1-8,17,19H,(H,18,20). The van der Waals surface area contributed by atoms with Crippen molar-refractivity contribution in [2.45, 2.75) is 0 Å². The van der Waals surface area contributed by atoms with Gasteiger partial charge in [-0.3, -0.25) is 4.79 Å². The van der Waals surface area contributed by atoms with E-state index in [4.69, 9.17) is 11.6 Å². The first kappa shape index (κ1) is 12.6. The molecule has 20 heavy (non-hydrogen) atoms. The van der Waals surface area contributed by atoms with Gasteiger partial charge in [-0.05, 0) is 18.2 Å². The highest BCUT2D eigenvalue weighted by atomic mass is 35.5. The molecule has 1 amide bonds. The molecular weight excluding hydrogens is 276 g/mol. The zero-order valence-electron chi connectivity index (χ0n) is 10.4. The number of hydrogen-bond acceptors (Lipinski definition) is 2. The Morgan fingerprint density at radius 2 is 2.00 bits per heavy atom.